The van der Waals surface area contributed by atoms with Gasteiger partial charge in [-0.15, -0.1) is 0 Å². The van der Waals surface area contributed by atoms with Crippen molar-refractivity contribution in [2.75, 3.05) is 0 Å². The van der Waals surface area contributed by atoms with Gasteiger partial charge in [0.2, 0.25) is 0 Å². The maximum atomic E-state index is 13.0. The van der Waals surface area contributed by atoms with E-state index in [0.717, 1.165) is 16.8 Å². The van der Waals surface area contributed by atoms with Crippen LogP contribution in [0, 0.1) is 6.92 Å². The summed E-state index contributed by atoms with van der Waals surface area (Å²) < 4.78 is 8.26. The quantitative estimate of drug-likeness (QED) is 0.360. The summed E-state index contributed by atoms with van der Waals surface area (Å²) in [6, 6.07) is 16.8. The summed E-state index contributed by atoms with van der Waals surface area (Å²) in [6.07, 6.45) is 5.32. The largest absolute Gasteiger partial charge is 0.454 e. The molecule has 0 amide bonds. The zero-order chi connectivity index (χ0) is 22.2. The van der Waals surface area contributed by atoms with Gasteiger partial charge in [0.25, 0.3) is 0 Å². The number of halogens is 1. The molecule has 0 radical (unpaired) electrons. The molecule has 0 aliphatic heterocycles. The van der Waals surface area contributed by atoms with Crippen molar-refractivity contribution in [1.29, 1.82) is 0 Å². The van der Waals surface area contributed by atoms with Crippen molar-refractivity contribution in [3.8, 4) is 33.9 Å². The molecule has 0 aliphatic carbocycles. The van der Waals surface area contributed by atoms with Gasteiger partial charge in [-0.2, -0.15) is 0 Å². The number of ether oxygens (including phenoxy) is 1. The van der Waals surface area contributed by atoms with Crippen LogP contribution in [0.5, 0.6) is 11.5 Å². The summed E-state index contributed by atoms with van der Waals surface area (Å²) in [7, 11) is 1.91. The molecule has 0 fully saturated rings. The molecule has 0 unspecified atom stereocenters. The SMILES string of the molecule is Cc1cc(-c2c(-c3ccccc3)nc3[nH]ccc(=O)c3c2Oc2ccn(C)c2)cc(Cl)n1. The van der Waals surface area contributed by atoms with Crippen LogP contribution in [0.25, 0.3) is 33.4 Å². The van der Waals surface area contributed by atoms with Gasteiger partial charge in [-0.25, -0.2) is 9.97 Å². The summed E-state index contributed by atoms with van der Waals surface area (Å²) in [5, 5.41) is 0.725. The third-order valence-electron chi connectivity index (χ3n) is 5.14. The molecule has 1 N–H and O–H groups in total. The predicted molar refractivity (Wildman–Crippen MR) is 126 cm³/mol. The highest BCUT2D eigenvalue weighted by Crippen LogP contribution is 2.43. The molecule has 5 rings (SSSR count). The van der Waals surface area contributed by atoms with Crippen molar-refractivity contribution in [3.05, 3.63) is 94.3 Å². The fourth-order valence-corrected chi connectivity index (χ4v) is 4.03. The zero-order valence-corrected chi connectivity index (χ0v) is 18.2. The molecule has 32 heavy (non-hydrogen) atoms. The predicted octanol–water partition coefficient (Wildman–Crippen LogP) is 5.74. The Bertz CT molecular complexity index is 1490. The zero-order valence-electron chi connectivity index (χ0n) is 17.5. The molecule has 5 aromatic rings. The molecule has 0 spiro atoms. The first-order valence-corrected chi connectivity index (χ1v) is 10.4. The molecule has 0 aliphatic rings. The second kappa shape index (κ2) is 7.98. The van der Waals surface area contributed by atoms with Crippen molar-refractivity contribution in [2.45, 2.75) is 6.92 Å². The Morgan fingerprint density at radius 3 is 2.56 bits per heavy atom. The molecular formula is C25H19ClN4O2. The van der Waals surface area contributed by atoms with Crippen molar-refractivity contribution in [1.82, 2.24) is 19.5 Å². The van der Waals surface area contributed by atoms with Crippen molar-refractivity contribution >= 4 is 22.6 Å². The number of aryl methyl sites for hydroxylation is 2. The third kappa shape index (κ3) is 3.65. The number of H-pyrrole nitrogens is 1. The Labute approximate surface area is 189 Å². The first kappa shape index (κ1) is 20.0. The van der Waals surface area contributed by atoms with Crippen molar-refractivity contribution in [2.24, 2.45) is 7.05 Å². The Morgan fingerprint density at radius 1 is 1.03 bits per heavy atom. The highest BCUT2D eigenvalue weighted by Gasteiger charge is 2.23. The van der Waals surface area contributed by atoms with E-state index in [2.05, 4.69) is 9.97 Å². The van der Waals surface area contributed by atoms with Crippen LogP contribution in [0.1, 0.15) is 5.69 Å². The van der Waals surface area contributed by atoms with Crippen molar-refractivity contribution in [3.63, 3.8) is 0 Å². The van der Waals surface area contributed by atoms with E-state index in [1.54, 1.807) is 12.3 Å². The molecule has 0 saturated carbocycles. The lowest BCUT2D eigenvalue weighted by Crippen LogP contribution is -2.07. The lowest BCUT2D eigenvalue weighted by Gasteiger charge is -2.17. The normalized spacial score (nSPS) is 11.1. The summed E-state index contributed by atoms with van der Waals surface area (Å²) in [5.41, 5.74) is 4.02. The Hall–Kier alpha value is -3.90. The highest BCUT2D eigenvalue weighted by molar-refractivity contribution is 6.29. The number of nitrogens with one attached hydrogen (secondary N) is 1. The average Bonchev–Trinajstić information content (AvgIpc) is 3.18. The van der Waals surface area contributed by atoms with Gasteiger partial charge in [-0.1, -0.05) is 41.9 Å². The number of hydrogen-bond donors (Lipinski definition) is 1. The lowest BCUT2D eigenvalue weighted by atomic mass is 9.97. The summed E-state index contributed by atoms with van der Waals surface area (Å²) in [6.45, 7) is 1.87. The fraction of sp³-hybridized carbons (Fsp3) is 0.0800. The van der Waals surface area contributed by atoms with E-state index < -0.39 is 0 Å². The molecule has 0 saturated heterocycles. The molecule has 6 nitrogen and oxygen atoms in total. The van der Waals surface area contributed by atoms with Gasteiger partial charge >= 0.3 is 0 Å². The van der Waals surface area contributed by atoms with Gasteiger partial charge in [0, 0.05) is 43.0 Å². The molecule has 4 aromatic heterocycles. The number of aromatic amines is 1. The Morgan fingerprint density at radius 2 is 1.84 bits per heavy atom. The fourth-order valence-electron chi connectivity index (χ4n) is 3.78. The van der Waals surface area contributed by atoms with Gasteiger partial charge in [-0.3, -0.25) is 4.79 Å². The van der Waals surface area contributed by atoms with Gasteiger partial charge < -0.3 is 14.3 Å². The Balaban J connectivity index is 1.93. The smallest absolute Gasteiger partial charge is 0.194 e. The van der Waals surface area contributed by atoms with E-state index in [0.29, 0.717) is 38.9 Å². The number of nitrogens with zero attached hydrogens (tertiary/aromatic N) is 3. The molecule has 0 bridgehead atoms. The maximum absolute atomic E-state index is 13.0. The van der Waals surface area contributed by atoms with Gasteiger partial charge in [0.1, 0.15) is 21.9 Å². The van der Waals surface area contributed by atoms with Gasteiger partial charge in [-0.05, 0) is 30.7 Å². The Kier molecular flexibility index (Phi) is 4.99. The topological polar surface area (TPSA) is 72.8 Å². The summed E-state index contributed by atoms with van der Waals surface area (Å²) >= 11 is 6.32. The van der Waals surface area contributed by atoms with Crippen molar-refractivity contribution < 1.29 is 4.74 Å². The van der Waals surface area contributed by atoms with Gasteiger partial charge in [0.05, 0.1) is 11.3 Å². The van der Waals surface area contributed by atoms with E-state index >= 15 is 0 Å². The monoisotopic (exact) mass is 442 g/mol. The van der Waals surface area contributed by atoms with Crippen LogP contribution in [0.15, 0.2) is 78.0 Å². The van der Waals surface area contributed by atoms with E-state index in [1.165, 1.54) is 6.07 Å². The first-order chi connectivity index (χ1) is 15.5. The number of rotatable bonds is 4. The van der Waals surface area contributed by atoms with E-state index in [1.807, 2.05) is 73.4 Å². The number of aromatic nitrogens is 4. The minimum absolute atomic E-state index is 0.185. The third-order valence-corrected chi connectivity index (χ3v) is 5.33. The molecule has 4 heterocycles. The standard InChI is InChI=1S/C25H19ClN4O2/c1-15-12-17(13-20(26)28-15)21-23(16-6-4-3-5-7-16)29-25-22(19(31)8-10-27-25)24(21)32-18-9-11-30(2)14-18/h3-14H,1-2H3,(H,27,29,31). The van der Waals surface area contributed by atoms with Crippen LogP contribution in [0.4, 0.5) is 0 Å². The van der Waals surface area contributed by atoms with Crippen LogP contribution in [-0.4, -0.2) is 19.5 Å². The molecular weight excluding hydrogens is 424 g/mol. The van der Waals surface area contributed by atoms with Crippen LogP contribution in [-0.2, 0) is 7.05 Å². The molecule has 0 atom stereocenters. The summed E-state index contributed by atoms with van der Waals surface area (Å²) in [4.78, 5) is 25.2. The summed E-state index contributed by atoms with van der Waals surface area (Å²) in [5.74, 6) is 1.03. The maximum Gasteiger partial charge on any atom is 0.194 e. The number of fused-ring (bicyclic) bond motifs is 1. The first-order valence-electron chi connectivity index (χ1n) is 10.0. The second-order valence-corrected chi connectivity index (χ2v) is 7.92. The minimum atomic E-state index is -0.185. The number of hydrogen-bond acceptors (Lipinski definition) is 4. The lowest BCUT2D eigenvalue weighted by molar-refractivity contribution is 0.489. The second-order valence-electron chi connectivity index (χ2n) is 7.53. The number of benzene rings is 1. The van der Waals surface area contributed by atoms with E-state index in [9.17, 15) is 4.79 Å². The molecule has 1 aromatic carbocycles. The minimum Gasteiger partial charge on any atom is -0.454 e. The van der Waals surface area contributed by atoms with Crippen LogP contribution >= 0.6 is 11.6 Å². The number of pyridine rings is 3. The van der Waals surface area contributed by atoms with Crippen LogP contribution < -0.4 is 10.2 Å². The van der Waals surface area contributed by atoms with E-state index in [-0.39, 0.29) is 5.43 Å². The van der Waals surface area contributed by atoms with Gasteiger partial charge in [0.15, 0.2) is 11.2 Å². The molecule has 158 valence electrons. The molecule has 7 heteroatoms. The van der Waals surface area contributed by atoms with Crippen LogP contribution in [0.2, 0.25) is 5.15 Å². The highest BCUT2D eigenvalue weighted by atomic mass is 35.5. The van der Waals surface area contributed by atoms with Crippen LogP contribution in [0.3, 0.4) is 0 Å². The average molecular weight is 443 g/mol. The van der Waals surface area contributed by atoms with E-state index in [4.69, 9.17) is 21.3 Å².